The third-order valence-electron chi connectivity index (χ3n) is 3.50. The van der Waals surface area contributed by atoms with Crippen molar-refractivity contribution in [2.45, 2.75) is 26.0 Å². The molecule has 0 fully saturated rings. The van der Waals surface area contributed by atoms with Gasteiger partial charge in [0.05, 0.1) is 5.60 Å². The number of aryl methyl sites for hydroxylation is 1. The first kappa shape index (κ1) is 16.9. The van der Waals surface area contributed by atoms with Gasteiger partial charge in [-0.05, 0) is 39.1 Å². The number of hydrogen-bond donors (Lipinski definition) is 1. The number of benzene rings is 1. The Hall–Kier alpha value is -1.16. The molecule has 0 saturated heterocycles. The van der Waals surface area contributed by atoms with Crippen LogP contribution < -0.4 is 0 Å². The molecule has 0 aromatic heterocycles. The molecular formula is C17H28N2O. The molecule has 1 aromatic rings. The molecule has 1 atom stereocenters. The zero-order chi connectivity index (χ0) is 15.2. The van der Waals surface area contributed by atoms with Gasteiger partial charge in [0.25, 0.3) is 0 Å². The second-order valence-corrected chi connectivity index (χ2v) is 6.00. The Kier molecular flexibility index (Phi) is 6.40. The lowest BCUT2D eigenvalue weighted by atomic mass is 10.0. The molecule has 1 unspecified atom stereocenters. The number of nitrogens with zero attached hydrogens (tertiary/aromatic N) is 2. The summed E-state index contributed by atoms with van der Waals surface area (Å²) in [5.41, 5.74) is 1.75. The molecule has 3 heteroatoms. The van der Waals surface area contributed by atoms with Gasteiger partial charge in [-0.1, -0.05) is 30.3 Å². The monoisotopic (exact) mass is 276 g/mol. The molecule has 0 bridgehead atoms. The largest absolute Gasteiger partial charge is 0.385 e. The van der Waals surface area contributed by atoms with E-state index in [0.717, 1.165) is 19.6 Å². The van der Waals surface area contributed by atoms with E-state index in [1.807, 2.05) is 0 Å². The van der Waals surface area contributed by atoms with Gasteiger partial charge in [-0.3, -0.25) is 4.90 Å². The Morgan fingerprint density at radius 2 is 1.90 bits per heavy atom. The fraction of sp³-hybridized carbons (Fsp3) is 0.529. The van der Waals surface area contributed by atoms with Gasteiger partial charge in [-0.2, -0.15) is 0 Å². The van der Waals surface area contributed by atoms with Crippen LogP contribution in [0.5, 0.6) is 0 Å². The molecule has 0 aliphatic heterocycles. The summed E-state index contributed by atoms with van der Waals surface area (Å²) in [6.07, 6.45) is 1.62. The Balaban J connectivity index is 2.76. The van der Waals surface area contributed by atoms with E-state index in [2.05, 4.69) is 61.7 Å². The Morgan fingerprint density at radius 1 is 1.25 bits per heavy atom. The Labute approximate surface area is 123 Å². The molecule has 1 rings (SSSR count). The highest BCUT2D eigenvalue weighted by atomic mass is 16.3. The molecule has 0 saturated carbocycles. The topological polar surface area (TPSA) is 26.7 Å². The first-order valence-electron chi connectivity index (χ1n) is 7.11. The zero-order valence-electron chi connectivity index (χ0n) is 13.3. The molecule has 3 nitrogen and oxygen atoms in total. The zero-order valence-corrected chi connectivity index (χ0v) is 13.3. The van der Waals surface area contributed by atoms with Crippen LogP contribution in [0.25, 0.3) is 0 Å². The Morgan fingerprint density at radius 3 is 2.45 bits per heavy atom. The predicted molar refractivity (Wildman–Crippen MR) is 85.8 cm³/mol. The van der Waals surface area contributed by atoms with Crippen molar-refractivity contribution in [1.82, 2.24) is 9.80 Å². The summed E-state index contributed by atoms with van der Waals surface area (Å²) in [7, 11) is 4.13. The molecule has 0 radical (unpaired) electrons. The summed E-state index contributed by atoms with van der Waals surface area (Å²) in [5, 5.41) is 10.2. The second kappa shape index (κ2) is 7.58. The van der Waals surface area contributed by atoms with E-state index in [1.54, 1.807) is 13.0 Å². The third-order valence-corrected chi connectivity index (χ3v) is 3.50. The fourth-order valence-electron chi connectivity index (χ4n) is 2.10. The van der Waals surface area contributed by atoms with Gasteiger partial charge in [-0.15, -0.1) is 6.58 Å². The number of likely N-dealkylation sites (N-methyl/N-ethyl adjacent to an activating group) is 1. The maximum atomic E-state index is 10.2. The first-order chi connectivity index (χ1) is 9.34. The molecule has 0 amide bonds. The van der Waals surface area contributed by atoms with Crippen LogP contribution in [-0.2, 0) is 6.54 Å². The quantitative estimate of drug-likeness (QED) is 0.738. The van der Waals surface area contributed by atoms with Crippen LogP contribution in [0.3, 0.4) is 0 Å². The SMILES string of the molecule is C=CC(C)(O)CN(CCN(C)C)Cc1ccccc1C. The van der Waals surface area contributed by atoms with Gasteiger partial charge in [0.2, 0.25) is 0 Å². The smallest absolute Gasteiger partial charge is 0.0923 e. The molecule has 0 spiro atoms. The summed E-state index contributed by atoms with van der Waals surface area (Å²) in [6.45, 7) is 11.0. The van der Waals surface area contributed by atoms with Crippen molar-refractivity contribution in [2.24, 2.45) is 0 Å². The lowest BCUT2D eigenvalue weighted by Crippen LogP contribution is -2.41. The molecule has 1 aromatic carbocycles. The summed E-state index contributed by atoms with van der Waals surface area (Å²) in [6, 6.07) is 8.41. The van der Waals surface area contributed by atoms with Gasteiger partial charge >= 0.3 is 0 Å². The van der Waals surface area contributed by atoms with Crippen molar-refractivity contribution in [3.8, 4) is 0 Å². The highest BCUT2D eigenvalue weighted by Gasteiger charge is 2.20. The first-order valence-corrected chi connectivity index (χ1v) is 7.11. The third kappa shape index (κ3) is 5.87. The average molecular weight is 276 g/mol. The van der Waals surface area contributed by atoms with E-state index in [4.69, 9.17) is 0 Å². The highest BCUT2D eigenvalue weighted by Crippen LogP contribution is 2.14. The van der Waals surface area contributed by atoms with Crippen LogP contribution in [-0.4, -0.2) is 54.2 Å². The van der Waals surface area contributed by atoms with E-state index in [-0.39, 0.29) is 0 Å². The molecule has 20 heavy (non-hydrogen) atoms. The van der Waals surface area contributed by atoms with Crippen LogP contribution >= 0.6 is 0 Å². The Bertz CT molecular complexity index is 427. The number of aliphatic hydroxyl groups is 1. The van der Waals surface area contributed by atoms with Gasteiger partial charge in [0.1, 0.15) is 0 Å². The number of rotatable bonds is 8. The van der Waals surface area contributed by atoms with Crippen molar-refractivity contribution in [3.05, 3.63) is 48.0 Å². The summed E-state index contributed by atoms with van der Waals surface area (Å²) < 4.78 is 0. The molecule has 112 valence electrons. The average Bonchev–Trinajstić information content (AvgIpc) is 2.38. The van der Waals surface area contributed by atoms with Crippen LogP contribution in [0.4, 0.5) is 0 Å². The maximum Gasteiger partial charge on any atom is 0.0923 e. The van der Waals surface area contributed by atoms with Crippen molar-refractivity contribution < 1.29 is 5.11 Å². The van der Waals surface area contributed by atoms with Gasteiger partial charge in [-0.25, -0.2) is 0 Å². The highest BCUT2D eigenvalue weighted by molar-refractivity contribution is 5.25. The van der Waals surface area contributed by atoms with Crippen LogP contribution in [0.15, 0.2) is 36.9 Å². The van der Waals surface area contributed by atoms with Crippen molar-refractivity contribution in [2.75, 3.05) is 33.7 Å². The minimum atomic E-state index is -0.852. The second-order valence-electron chi connectivity index (χ2n) is 6.00. The van der Waals surface area contributed by atoms with Gasteiger partial charge in [0, 0.05) is 26.2 Å². The summed E-state index contributed by atoms with van der Waals surface area (Å²) in [5.74, 6) is 0. The van der Waals surface area contributed by atoms with E-state index >= 15 is 0 Å². The lowest BCUT2D eigenvalue weighted by molar-refractivity contribution is 0.0561. The minimum absolute atomic E-state index is 0.596. The van der Waals surface area contributed by atoms with Crippen LogP contribution in [0.2, 0.25) is 0 Å². The van der Waals surface area contributed by atoms with E-state index in [0.29, 0.717) is 6.54 Å². The standard InChI is InChI=1S/C17H28N2O/c1-6-17(3,20)14-19(12-11-18(4)5)13-16-10-8-7-9-15(16)2/h6-10,20H,1,11-14H2,2-5H3. The molecule has 0 heterocycles. The fourth-order valence-corrected chi connectivity index (χ4v) is 2.10. The molecule has 0 aliphatic rings. The predicted octanol–water partition coefficient (Wildman–Crippen LogP) is 2.30. The summed E-state index contributed by atoms with van der Waals surface area (Å²) in [4.78, 5) is 4.44. The van der Waals surface area contributed by atoms with E-state index in [1.165, 1.54) is 11.1 Å². The van der Waals surface area contributed by atoms with Crippen molar-refractivity contribution in [1.29, 1.82) is 0 Å². The normalized spacial score (nSPS) is 14.6. The van der Waals surface area contributed by atoms with Crippen molar-refractivity contribution in [3.63, 3.8) is 0 Å². The lowest BCUT2D eigenvalue weighted by Gasteiger charge is -2.30. The van der Waals surface area contributed by atoms with E-state index in [9.17, 15) is 5.11 Å². The maximum absolute atomic E-state index is 10.2. The van der Waals surface area contributed by atoms with Crippen LogP contribution in [0.1, 0.15) is 18.1 Å². The van der Waals surface area contributed by atoms with Gasteiger partial charge in [0.15, 0.2) is 0 Å². The van der Waals surface area contributed by atoms with Crippen LogP contribution in [0, 0.1) is 6.92 Å². The molecular weight excluding hydrogens is 248 g/mol. The van der Waals surface area contributed by atoms with E-state index < -0.39 is 5.60 Å². The van der Waals surface area contributed by atoms with Gasteiger partial charge < -0.3 is 10.0 Å². The molecule has 0 aliphatic carbocycles. The van der Waals surface area contributed by atoms with Crippen molar-refractivity contribution >= 4 is 0 Å². The molecule has 1 N–H and O–H groups in total. The summed E-state index contributed by atoms with van der Waals surface area (Å²) >= 11 is 0. The number of hydrogen-bond acceptors (Lipinski definition) is 3. The minimum Gasteiger partial charge on any atom is -0.385 e.